The molecule has 0 aliphatic rings. The van der Waals surface area contributed by atoms with Gasteiger partial charge >= 0.3 is 0 Å². The van der Waals surface area contributed by atoms with Crippen molar-refractivity contribution in [1.29, 1.82) is 0 Å². The Bertz CT molecular complexity index is 577. The van der Waals surface area contributed by atoms with E-state index in [9.17, 15) is 0 Å². The number of aryl methyl sites for hydroxylation is 1. The summed E-state index contributed by atoms with van der Waals surface area (Å²) in [6.45, 7) is 12.8. The van der Waals surface area contributed by atoms with Crippen LogP contribution in [0.3, 0.4) is 0 Å². The number of aromatic nitrogens is 4. The Labute approximate surface area is 113 Å². The first-order chi connectivity index (χ1) is 9.02. The second-order valence-corrected chi connectivity index (χ2v) is 4.95. The van der Waals surface area contributed by atoms with E-state index in [0.717, 1.165) is 23.5 Å². The van der Waals surface area contributed by atoms with E-state index in [4.69, 9.17) is 0 Å². The molecule has 0 fully saturated rings. The van der Waals surface area contributed by atoms with Crippen molar-refractivity contribution in [2.24, 2.45) is 0 Å². The quantitative estimate of drug-likeness (QED) is 0.898. The molecule has 19 heavy (non-hydrogen) atoms. The van der Waals surface area contributed by atoms with E-state index in [2.05, 4.69) is 42.9 Å². The summed E-state index contributed by atoms with van der Waals surface area (Å²) in [5.41, 5.74) is 4.43. The van der Waals surface area contributed by atoms with Crippen LogP contribution >= 0.6 is 0 Å². The number of nitrogens with one attached hydrogen (secondary N) is 1. The Morgan fingerprint density at radius 3 is 2.68 bits per heavy atom. The van der Waals surface area contributed by atoms with E-state index in [1.165, 1.54) is 5.69 Å². The molecule has 0 aromatic carbocycles. The fourth-order valence-corrected chi connectivity index (χ4v) is 2.18. The van der Waals surface area contributed by atoms with Crippen LogP contribution in [-0.2, 0) is 6.54 Å². The number of nitrogens with zero attached hydrogens (tertiary/aromatic N) is 4. The average molecular weight is 259 g/mol. The number of hydrogen-bond donors (Lipinski definition) is 1. The fourth-order valence-electron chi connectivity index (χ4n) is 2.18. The predicted octanol–water partition coefficient (Wildman–Crippen LogP) is 2.99. The first-order valence-electron chi connectivity index (χ1n) is 6.48. The minimum Gasteiger partial charge on any atom is -0.378 e. The number of hydrogen-bond acceptors (Lipinski definition) is 3. The lowest BCUT2D eigenvalue weighted by molar-refractivity contribution is 0.516. The highest BCUT2D eigenvalue weighted by molar-refractivity contribution is 5.52. The van der Waals surface area contributed by atoms with Crippen LogP contribution in [0.1, 0.15) is 36.8 Å². The third-order valence-electron chi connectivity index (χ3n) is 3.13. The van der Waals surface area contributed by atoms with Gasteiger partial charge in [0.05, 0.1) is 23.3 Å². The Morgan fingerprint density at radius 1 is 1.42 bits per heavy atom. The molecular formula is C14H21N5. The topological polar surface area (TPSA) is 47.7 Å². The highest BCUT2D eigenvalue weighted by atomic mass is 15.3. The Morgan fingerprint density at radius 2 is 2.16 bits per heavy atom. The molecule has 0 aliphatic heterocycles. The standard InChI is InChI=1S/C14H21N5/c1-6-18-9-13(8-16-18)7-15-14-11(4)17-19(10(2)3)12(14)5/h6,8-10,15H,1,7H2,2-5H3. The molecule has 0 aliphatic carbocycles. The van der Waals surface area contributed by atoms with Crippen molar-refractivity contribution >= 4 is 11.9 Å². The first kappa shape index (κ1) is 13.4. The van der Waals surface area contributed by atoms with E-state index in [-0.39, 0.29) is 0 Å². The lowest BCUT2D eigenvalue weighted by Crippen LogP contribution is -2.06. The summed E-state index contributed by atoms with van der Waals surface area (Å²) in [5, 5.41) is 12.2. The van der Waals surface area contributed by atoms with Gasteiger partial charge in [0.2, 0.25) is 0 Å². The van der Waals surface area contributed by atoms with Gasteiger partial charge in [-0.3, -0.25) is 4.68 Å². The highest BCUT2D eigenvalue weighted by Crippen LogP contribution is 2.22. The summed E-state index contributed by atoms with van der Waals surface area (Å²) < 4.78 is 3.75. The van der Waals surface area contributed by atoms with Crippen LogP contribution in [0.4, 0.5) is 5.69 Å². The van der Waals surface area contributed by atoms with Gasteiger partial charge in [0, 0.05) is 30.5 Å². The maximum Gasteiger partial charge on any atom is 0.0828 e. The minimum atomic E-state index is 0.373. The van der Waals surface area contributed by atoms with E-state index >= 15 is 0 Å². The Balaban J connectivity index is 2.13. The smallest absolute Gasteiger partial charge is 0.0828 e. The third-order valence-corrected chi connectivity index (χ3v) is 3.13. The maximum atomic E-state index is 4.56. The van der Waals surface area contributed by atoms with Crippen LogP contribution in [-0.4, -0.2) is 19.6 Å². The summed E-state index contributed by atoms with van der Waals surface area (Å²) in [7, 11) is 0. The van der Waals surface area contributed by atoms with Gasteiger partial charge in [0.1, 0.15) is 0 Å². The van der Waals surface area contributed by atoms with Gasteiger partial charge in [0.15, 0.2) is 0 Å². The number of anilines is 1. The normalized spacial score (nSPS) is 11.0. The van der Waals surface area contributed by atoms with Crippen LogP contribution in [0.2, 0.25) is 0 Å². The summed E-state index contributed by atoms with van der Waals surface area (Å²) in [4.78, 5) is 0. The van der Waals surface area contributed by atoms with Gasteiger partial charge in [-0.25, -0.2) is 4.68 Å². The molecule has 5 heteroatoms. The maximum absolute atomic E-state index is 4.56. The van der Waals surface area contributed by atoms with E-state index < -0.39 is 0 Å². The summed E-state index contributed by atoms with van der Waals surface area (Å²) in [6.07, 6.45) is 5.47. The van der Waals surface area contributed by atoms with Gasteiger partial charge in [0.25, 0.3) is 0 Å². The molecule has 0 amide bonds. The van der Waals surface area contributed by atoms with Gasteiger partial charge in [-0.15, -0.1) is 0 Å². The first-order valence-corrected chi connectivity index (χ1v) is 6.48. The minimum absolute atomic E-state index is 0.373. The zero-order valence-electron chi connectivity index (χ0n) is 12.0. The second-order valence-electron chi connectivity index (χ2n) is 4.95. The molecule has 2 heterocycles. The van der Waals surface area contributed by atoms with E-state index in [1.807, 2.05) is 24.0 Å². The molecule has 1 N–H and O–H groups in total. The highest BCUT2D eigenvalue weighted by Gasteiger charge is 2.13. The molecular weight excluding hydrogens is 238 g/mol. The van der Waals surface area contributed by atoms with Gasteiger partial charge in [-0.1, -0.05) is 6.58 Å². The molecule has 0 radical (unpaired) electrons. The van der Waals surface area contributed by atoms with Crippen LogP contribution in [0.15, 0.2) is 19.0 Å². The van der Waals surface area contributed by atoms with Crippen LogP contribution in [0.5, 0.6) is 0 Å². The van der Waals surface area contributed by atoms with Crippen LogP contribution in [0, 0.1) is 13.8 Å². The predicted molar refractivity (Wildman–Crippen MR) is 78.0 cm³/mol. The molecule has 2 rings (SSSR count). The van der Waals surface area contributed by atoms with Crippen molar-refractivity contribution in [3.05, 3.63) is 35.9 Å². The molecule has 0 spiro atoms. The molecule has 0 unspecified atom stereocenters. The molecule has 0 bridgehead atoms. The van der Waals surface area contributed by atoms with Crippen molar-refractivity contribution in [3.63, 3.8) is 0 Å². The van der Waals surface area contributed by atoms with Gasteiger partial charge < -0.3 is 5.32 Å². The monoisotopic (exact) mass is 259 g/mol. The molecule has 0 saturated heterocycles. The zero-order chi connectivity index (χ0) is 14.0. The summed E-state index contributed by atoms with van der Waals surface area (Å²) in [6, 6.07) is 0.373. The van der Waals surface area contributed by atoms with Gasteiger partial charge in [-0.2, -0.15) is 10.2 Å². The third kappa shape index (κ3) is 2.70. The van der Waals surface area contributed by atoms with Crippen molar-refractivity contribution in [1.82, 2.24) is 19.6 Å². The molecule has 0 saturated carbocycles. The summed E-state index contributed by atoms with van der Waals surface area (Å²) in [5.74, 6) is 0. The largest absolute Gasteiger partial charge is 0.378 e. The molecule has 0 atom stereocenters. The lowest BCUT2D eigenvalue weighted by atomic mass is 10.2. The van der Waals surface area contributed by atoms with Crippen molar-refractivity contribution in [3.8, 4) is 0 Å². The van der Waals surface area contributed by atoms with Crippen molar-refractivity contribution in [2.75, 3.05) is 5.32 Å². The Kier molecular flexibility index (Phi) is 3.74. The van der Waals surface area contributed by atoms with Crippen molar-refractivity contribution in [2.45, 2.75) is 40.3 Å². The van der Waals surface area contributed by atoms with Crippen molar-refractivity contribution < 1.29 is 0 Å². The second kappa shape index (κ2) is 5.30. The molecule has 2 aromatic heterocycles. The van der Waals surface area contributed by atoms with Gasteiger partial charge in [-0.05, 0) is 27.7 Å². The lowest BCUT2D eigenvalue weighted by Gasteiger charge is -2.09. The van der Waals surface area contributed by atoms with Crippen LogP contribution < -0.4 is 5.32 Å². The average Bonchev–Trinajstić information content (AvgIpc) is 2.93. The number of rotatable bonds is 5. The molecule has 5 nitrogen and oxygen atoms in total. The van der Waals surface area contributed by atoms with Crippen LogP contribution in [0.25, 0.3) is 6.20 Å². The van der Waals surface area contributed by atoms with E-state index in [0.29, 0.717) is 6.04 Å². The van der Waals surface area contributed by atoms with E-state index in [1.54, 1.807) is 10.9 Å². The Hall–Kier alpha value is -2.04. The fraction of sp³-hybridized carbons (Fsp3) is 0.429. The zero-order valence-corrected chi connectivity index (χ0v) is 12.0. The SMILES string of the molecule is C=Cn1cc(CNc2c(C)nn(C(C)C)c2C)cn1. The molecule has 102 valence electrons. The molecule has 2 aromatic rings. The summed E-state index contributed by atoms with van der Waals surface area (Å²) >= 11 is 0.